The van der Waals surface area contributed by atoms with Gasteiger partial charge < -0.3 is 5.73 Å². The minimum atomic E-state index is 0.116. The van der Waals surface area contributed by atoms with Crippen molar-refractivity contribution in [3.8, 4) is 0 Å². The van der Waals surface area contributed by atoms with Crippen LogP contribution in [0.1, 0.15) is 89.9 Å². The van der Waals surface area contributed by atoms with Crippen molar-refractivity contribution in [2.24, 2.45) is 23.5 Å². The number of Topliss-reactive ketones (excluding diaryl/α,β-unsaturated/α-hetero) is 1. The van der Waals surface area contributed by atoms with Crippen LogP contribution < -0.4 is 5.73 Å². The van der Waals surface area contributed by atoms with Gasteiger partial charge in [-0.15, -0.1) is 0 Å². The Bertz CT molecular complexity index is 331. The molecule has 0 radical (unpaired) electrons. The third-order valence-electron chi connectivity index (χ3n) is 6.18. The van der Waals surface area contributed by atoms with E-state index < -0.39 is 0 Å². The highest BCUT2D eigenvalue weighted by Crippen LogP contribution is 2.31. The van der Waals surface area contributed by atoms with Gasteiger partial charge in [-0.25, -0.2) is 0 Å². The fourth-order valence-corrected chi connectivity index (χ4v) is 4.84. The second kappa shape index (κ2) is 10.8. The number of thiol groups is 1. The molecular weight excluding hydrogens is 302 g/mol. The molecule has 0 heterocycles. The Morgan fingerprint density at radius 2 is 1.61 bits per heavy atom. The molecule has 134 valence electrons. The Morgan fingerprint density at radius 1 is 0.957 bits per heavy atom. The second-order valence-corrected chi connectivity index (χ2v) is 8.71. The van der Waals surface area contributed by atoms with Gasteiger partial charge in [0.1, 0.15) is 5.78 Å². The van der Waals surface area contributed by atoms with Gasteiger partial charge >= 0.3 is 0 Å². The summed E-state index contributed by atoms with van der Waals surface area (Å²) in [6.07, 6.45) is 17.7. The van der Waals surface area contributed by atoms with Gasteiger partial charge in [-0.05, 0) is 38.0 Å². The van der Waals surface area contributed by atoms with E-state index in [-0.39, 0.29) is 11.8 Å². The van der Waals surface area contributed by atoms with Crippen LogP contribution in [0, 0.1) is 17.8 Å². The molecule has 0 amide bonds. The Balaban J connectivity index is 1.64. The molecule has 2 aliphatic rings. The number of carbonyl (C=O) groups is 1. The van der Waals surface area contributed by atoms with Crippen LogP contribution in [0.5, 0.6) is 0 Å². The largest absolute Gasteiger partial charge is 0.330 e. The van der Waals surface area contributed by atoms with Crippen LogP contribution in [-0.4, -0.2) is 17.6 Å². The summed E-state index contributed by atoms with van der Waals surface area (Å²) in [6, 6.07) is 0. The maximum atomic E-state index is 12.7. The molecule has 23 heavy (non-hydrogen) atoms. The number of carbonyl (C=O) groups excluding carboxylic acids is 1. The lowest BCUT2D eigenvalue weighted by molar-refractivity contribution is -0.127. The molecule has 0 aliphatic heterocycles. The van der Waals surface area contributed by atoms with Crippen LogP contribution in [0.15, 0.2) is 0 Å². The molecule has 2 rings (SSSR count). The van der Waals surface area contributed by atoms with Gasteiger partial charge in [0, 0.05) is 23.6 Å². The summed E-state index contributed by atoms with van der Waals surface area (Å²) in [5.74, 6) is 1.80. The van der Waals surface area contributed by atoms with Crippen molar-refractivity contribution in [1.82, 2.24) is 0 Å². The molecule has 0 spiro atoms. The van der Waals surface area contributed by atoms with Gasteiger partial charge in [0.15, 0.2) is 0 Å². The van der Waals surface area contributed by atoms with E-state index in [0.717, 1.165) is 38.0 Å². The Labute approximate surface area is 148 Å². The van der Waals surface area contributed by atoms with Crippen molar-refractivity contribution in [2.45, 2.75) is 95.1 Å². The van der Waals surface area contributed by atoms with Gasteiger partial charge in [0.2, 0.25) is 0 Å². The molecule has 0 aromatic heterocycles. The summed E-state index contributed by atoms with van der Waals surface area (Å²) in [5.41, 5.74) is 5.92. The Morgan fingerprint density at radius 3 is 2.22 bits per heavy atom. The molecular formula is C20H37NOS. The zero-order valence-electron chi connectivity index (χ0n) is 14.8. The summed E-state index contributed by atoms with van der Waals surface area (Å²) >= 11 is 4.54. The van der Waals surface area contributed by atoms with Crippen molar-refractivity contribution in [1.29, 1.82) is 0 Å². The first kappa shape index (κ1) is 19.3. The molecule has 3 heteroatoms. The maximum Gasteiger partial charge on any atom is 0.140 e. The Kier molecular flexibility index (Phi) is 9.04. The van der Waals surface area contributed by atoms with E-state index in [1.165, 1.54) is 57.8 Å². The zero-order valence-corrected chi connectivity index (χ0v) is 15.7. The van der Waals surface area contributed by atoms with E-state index in [4.69, 9.17) is 5.73 Å². The van der Waals surface area contributed by atoms with Gasteiger partial charge in [-0.3, -0.25) is 4.79 Å². The third-order valence-corrected chi connectivity index (χ3v) is 6.69. The predicted molar refractivity (Wildman–Crippen MR) is 102 cm³/mol. The lowest BCUT2D eigenvalue weighted by Gasteiger charge is -2.27. The van der Waals surface area contributed by atoms with Crippen LogP contribution in [0.4, 0.5) is 0 Å². The first-order chi connectivity index (χ1) is 11.2. The number of hydrogen-bond donors (Lipinski definition) is 2. The highest BCUT2D eigenvalue weighted by molar-refractivity contribution is 7.80. The van der Waals surface area contributed by atoms with Crippen molar-refractivity contribution in [3.05, 3.63) is 0 Å². The quantitative estimate of drug-likeness (QED) is 0.365. The minimum absolute atomic E-state index is 0.116. The fraction of sp³-hybridized carbons (Fsp3) is 0.950. The summed E-state index contributed by atoms with van der Waals surface area (Å²) in [5, 5.41) is 0.509. The number of hydrogen-bond acceptors (Lipinski definition) is 3. The summed E-state index contributed by atoms with van der Waals surface area (Å²) in [6.45, 7) is 0.545. The molecule has 2 aliphatic carbocycles. The van der Waals surface area contributed by atoms with Crippen LogP contribution in [0.2, 0.25) is 0 Å². The van der Waals surface area contributed by atoms with Gasteiger partial charge in [0.05, 0.1) is 0 Å². The van der Waals surface area contributed by atoms with E-state index in [1.54, 1.807) is 0 Å². The van der Waals surface area contributed by atoms with E-state index in [1.807, 2.05) is 0 Å². The molecule has 0 saturated heterocycles. The van der Waals surface area contributed by atoms with Crippen molar-refractivity contribution in [2.75, 3.05) is 6.54 Å². The van der Waals surface area contributed by atoms with Crippen LogP contribution in [-0.2, 0) is 4.79 Å². The minimum Gasteiger partial charge on any atom is -0.330 e. The molecule has 2 saturated carbocycles. The van der Waals surface area contributed by atoms with E-state index in [9.17, 15) is 4.79 Å². The number of rotatable bonds is 8. The number of unbranched alkanes of at least 4 members (excludes halogenated alkanes) is 1. The average molecular weight is 340 g/mol. The normalized spacial score (nSPS) is 28.3. The summed E-state index contributed by atoms with van der Waals surface area (Å²) in [4.78, 5) is 12.7. The zero-order chi connectivity index (χ0) is 16.5. The second-order valence-electron chi connectivity index (χ2n) is 7.98. The van der Waals surface area contributed by atoms with Crippen LogP contribution >= 0.6 is 12.6 Å². The number of nitrogens with two attached hydrogens (primary N) is 1. The first-order valence-corrected chi connectivity index (χ1v) is 10.6. The first-order valence-electron chi connectivity index (χ1n) is 10.1. The molecule has 0 aromatic rings. The smallest absolute Gasteiger partial charge is 0.140 e. The molecule has 2 N–H and O–H groups in total. The third kappa shape index (κ3) is 6.78. The maximum absolute atomic E-state index is 12.7. The highest BCUT2D eigenvalue weighted by Gasteiger charge is 2.29. The molecule has 2 nitrogen and oxygen atoms in total. The molecule has 1 unspecified atom stereocenters. The van der Waals surface area contributed by atoms with Crippen LogP contribution in [0.25, 0.3) is 0 Å². The lowest BCUT2D eigenvalue weighted by atomic mass is 9.80. The van der Waals surface area contributed by atoms with Crippen molar-refractivity contribution in [3.63, 3.8) is 0 Å². The van der Waals surface area contributed by atoms with Crippen molar-refractivity contribution >= 4 is 18.4 Å². The van der Waals surface area contributed by atoms with E-state index in [0.29, 0.717) is 17.6 Å². The molecule has 0 aromatic carbocycles. The highest BCUT2D eigenvalue weighted by atomic mass is 32.1. The van der Waals surface area contributed by atoms with Gasteiger partial charge in [-0.1, -0.05) is 57.8 Å². The van der Waals surface area contributed by atoms with Gasteiger partial charge in [-0.2, -0.15) is 12.6 Å². The molecule has 0 bridgehead atoms. The van der Waals surface area contributed by atoms with Crippen molar-refractivity contribution < 1.29 is 4.79 Å². The summed E-state index contributed by atoms with van der Waals surface area (Å²) < 4.78 is 0. The monoisotopic (exact) mass is 339 g/mol. The van der Waals surface area contributed by atoms with E-state index >= 15 is 0 Å². The fourth-order valence-electron chi connectivity index (χ4n) is 4.55. The van der Waals surface area contributed by atoms with E-state index in [2.05, 4.69) is 12.6 Å². The lowest BCUT2D eigenvalue weighted by Crippen LogP contribution is -2.32. The standard InChI is InChI=1S/C20H37NOS/c21-15-18(20(22)17-11-13-19(23)14-12-17)10-6-5-9-16-7-3-1-2-4-8-16/h16-19,23H,1-15,21H2. The summed E-state index contributed by atoms with van der Waals surface area (Å²) in [7, 11) is 0. The average Bonchev–Trinajstić information content (AvgIpc) is 2.84. The SMILES string of the molecule is NCC(CCCCC1CCCCCC1)C(=O)C1CCC(S)CC1. The molecule has 1 atom stereocenters. The molecule has 2 fully saturated rings. The topological polar surface area (TPSA) is 43.1 Å². The van der Waals surface area contributed by atoms with Gasteiger partial charge in [0.25, 0.3) is 0 Å². The number of ketones is 1. The van der Waals surface area contributed by atoms with Crippen LogP contribution in [0.3, 0.4) is 0 Å². The Hall–Kier alpha value is -0.0200. The predicted octanol–water partition coefficient (Wildman–Crippen LogP) is 5.15.